The van der Waals surface area contributed by atoms with Crippen LogP contribution in [-0.2, 0) is 9.59 Å². The molecule has 3 fully saturated rings. The van der Waals surface area contributed by atoms with Crippen molar-refractivity contribution in [2.75, 3.05) is 40.7 Å². The third kappa shape index (κ3) is 7.40. The minimum atomic E-state index is -0.825. The molecule has 1 saturated heterocycles. The van der Waals surface area contributed by atoms with Gasteiger partial charge in [0.1, 0.15) is 29.3 Å². The number of carbonyl (C=O) groups excluding carboxylic acids is 3. The number of nitrogens with one attached hydrogen (secondary N) is 2. The summed E-state index contributed by atoms with van der Waals surface area (Å²) in [5, 5.41) is 9.55. The van der Waals surface area contributed by atoms with Crippen LogP contribution in [0, 0.1) is 24.7 Å². The zero-order valence-corrected chi connectivity index (χ0v) is 34.5. The van der Waals surface area contributed by atoms with Crippen LogP contribution in [0.1, 0.15) is 76.0 Å². The molecule has 0 radical (unpaired) electrons. The summed E-state index contributed by atoms with van der Waals surface area (Å²) in [5.41, 5.74) is 4.44. The molecule has 2 N–H and O–H groups in total. The van der Waals surface area contributed by atoms with Gasteiger partial charge in [0, 0.05) is 30.5 Å². The zero-order valence-electron chi connectivity index (χ0n) is 34.5. The molecule has 60 heavy (non-hydrogen) atoms. The van der Waals surface area contributed by atoms with Gasteiger partial charge in [-0.05, 0) is 88.1 Å². The predicted molar refractivity (Wildman–Crippen MR) is 220 cm³/mol. The fourth-order valence-corrected chi connectivity index (χ4v) is 9.05. The Morgan fingerprint density at radius 1 is 0.950 bits per heavy atom. The molecule has 0 unspecified atom stereocenters. The second-order valence-corrected chi connectivity index (χ2v) is 16.2. The van der Waals surface area contributed by atoms with Gasteiger partial charge in [-0.25, -0.2) is 19.8 Å². The average Bonchev–Trinajstić information content (AvgIpc) is 3.90. The van der Waals surface area contributed by atoms with Crippen LogP contribution >= 0.6 is 0 Å². The number of nitrogens with zero attached hydrogens (tertiary/aromatic N) is 5. The van der Waals surface area contributed by atoms with Crippen LogP contribution in [0.3, 0.4) is 0 Å². The number of hydrogen-bond acceptors (Lipinski definition) is 12. The number of H-pyrrole nitrogens is 1. The van der Waals surface area contributed by atoms with E-state index in [0.717, 1.165) is 49.8 Å². The summed E-state index contributed by atoms with van der Waals surface area (Å²) >= 11 is 0. The lowest BCUT2D eigenvalue weighted by Crippen LogP contribution is -2.55. The molecule has 0 spiro atoms. The molecule has 2 saturated carbocycles. The lowest BCUT2D eigenvalue weighted by Gasteiger charge is -2.43. The second kappa shape index (κ2) is 16.5. The summed E-state index contributed by atoms with van der Waals surface area (Å²) in [6.07, 6.45) is 8.17. The Kier molecular flexibility index (Phi) is 10.9. The van der Waals surface area contributed by atoms with Crippen LogP contribution in [-0.4, -0.2) is 101 Å². The van der Waals surface area contributed by atoms with E-state index in [-0.39, 0.29) is 42.2 Å². The standard InChI is InChI=1S/C44H51N7O9/c1-5-30(43(53)50-18-16-27(17-19-50)51-42(52)29-9-7-6-8-28(29)36(49-51)26-12-13-31(55-3)34(20-26)56-4)48-44(54)60-40-24(2)47-38-37(45-22-46-39(38)40)35-32(57-21-25-10-11-25)14-15-33-41(35)59-23-58-33/h12-15,20,22,25,27-30,47H,5-11,16-19,21,23H2,1-4H3,(H,48,54)/t28-,29+,30-/m0/s1. The van der Waals surface area contributed by atoms with Crippen LogP contribution in [0.4, 0.5) is 4.79 Å². The van der Waals surface area contributed by atoms with E-state index in [9.17, 15) is 14.4 Å². The Morgan fingerprint density at radius 2 is 1.72 bits per heavy atom. The van der Waals surface area contributed by atoms with Crippen molar-refractivity contribution in [2.24, 2.45) is 22.9 Å². The highest BCUT2D eigenvalue weighted by atomic mass is 16.7. The Labute approximate surface area is 347 Å². The van der Waals surface area contributed by atoms with Crippen LogP contribution in [0.5, 0.6) is 34.5 Å². The first-order valence-electron chi connectivity index (χ1n) is 21.1. The SMILES string of the molecule is CC[C@H](NC(=O)Oc1c(C)[nH]c2c(-c3c(OCC4CC4)ccc4c3OCO4)ncnc12)C(=O)N1CCC(N2N=C(c3ccc(OC)c(OC)c3)[C@H]3CCCC[C@H]3C2=O)CC1. The number of amides is 3. The van der Waals surface area contributed by atoms with Crippen molar-refractivity contribution in [3.8, 4) is 45.8 Å². The lowest BCUT2D eigenvalue weighted by molar-refractivity contribution is -0.143. The van der Waals surface area contributed by atoms with Crippen LogP contribution in [0.25, 0.3) is 22.3 Å². The fraction of sp³-hybridized carbons (Fsp3) is 0.500. The van der Waals surface area contributed by atoms with E-state index in [1.807, 2.05) is 37.3 Å². The molecular weight excluding hydrogens is 771 g/mol. The molecule has 5 heterocycles. The van der Waals surface area contributed by atoms with Crippen molar-refractivity contribution >= 4 is 34.7 Å². The second-order valence-electron chi connectivity index (χ2n) is 16.2. The van der Waals surface area contributed by atoms with Gasteiger partial charge in [0.05, 0.1) is 49.4 Å². The molecule has 316 valence electrons. The third-order valence-corrected chi connectivity index (χ3v) is 12.5. The first kappa shape index (κ1) is 39.4. The first-order valence-corrected chi connectivity index (χ1v) is 21.1. The van der Waals surface area contributed by atoms with Crippen molar-refractivity contribution in [2.45, 2.75) is 83.7 Å². The molecule has 16 nitrogen and oxygen atoms in total. The van der Waals surface area contributed by atoms with E-state index in [4.69, 9.17) is 33.5 Å². The molecule has 4 aromatic rings. The maximum atomic E-state index is 14.0. The number of aromatic nitrogens is 3. The Morgan fingerprint density at radius 3 is 2.47 bits per heavy atom. The highest BCUT2D eigenvalue weighted by Gasteiger charge is 2.44. The minimum Gasteiger partial charge on any atom is -0.493 e. The maximum absolute atomic E-state index is 14.0. The van der Waals surface area contributed by atoms with Gasteiger partial charge in [-0.3, -0.25) is 9.59 Å². The summed E-state index contributed by atoms with van der Waals surface area (Å²) in [4.78, 5) is 55.6. The van der Waals surface area contributed by atoms with Crippen molar-refractivity contribution in [3.63, 3.8) is 0 Å². The summed E-state index contributed by atoms with van der Waals surface area (Å²) < 4.78 is 34.8. The molecule has 0 bridgehead atoms. The smallest absolute Gasteiger partial charge is 0.413 e. The van der Waals surface area contributed by atoms with Gasteiger partial charge >= 0.3 is 6.09 Å². The van der Waals surface area contributed by atoms with Crippen molar-refractivity contribution in [3.05, 3.63) is 47.9 Å². The number of aryl methyl sites for hydroxylation is 1. The molecular formula is C44H51N7O9. The molecule has 16 heteroatoms. The van der Waals surface area contributed by atoms with E-state index in [1.54, 1.807) is 31.1 Å². The minimum absolute atomic E-state index is 0.0409. The summed E-state index contributed by atoms with van der Waals surface area (Å²) in [6.45, 7) is 5.12. The number of hydrazone groups is 1. The van der Waals surface area contributed by atoms with E-state index >= 15 is 0 Å². The summed E-state index contributed by atoms with van der Waals surface area (Å²) in [6, 6.07) is 8.50. The number of carbonyl (C=O) groups is 3. The predicted octanol–water partition coefficient (Wildman–Crippen LogP) is 6.38. The number of fused-ring (bicyclic) bond motifs is 3. The highest BCUT2D eigenvalue weighted by Crippen LogP contribution is 2.49. The highest BCUT2D eigenvalue weighted by molar-refractivity contribution is 6.07. The van der Waals surface area contributed by atoms with E-state index in [1.165, 1.54) is 6.33 Å². The van der Waals surface area contributed by atoms with Gasteiger partial charge in [0.2, 0.25) is 18.6 Å². The molecule has 3 atom stereocenters. The first-order chi connectivity index (χ1) is 29.3. The monoisotopic (exact) mass is 821 g/mol. The number of hydrogen-bond donors (Lipinski definition) is 2. The van der Waals surface area contributed by atoms with Gasteiger partial charge in [-0.1, -0.05) is 19.8 Å². The number of methoxy groups -OCH3 is 2. The van der Waals surface area contributed by atoms with Gasteiger partial charge in [-0.2, -0.15) is 5.10 Å². The van der Waals surface area contributed by atoms with E-state index < -0.39 is 12.1 Å². The maximum Gasteiger partial charge on any atom is 0.413 e. The molecule has 2 aromatic heterocycles. The fourth-order valence-electron chi connectivity index (χ4n) is 9.05. The van der Waals surface area contributed by atoms with Gasteiger partial charge < -0.3 is 43.6 Å². The Hall–Kier alpha value is -6.06. The quantitative estimate of drug-likeness (QED) is 0.162. The Bertz CT molecular complexity index is 2330. The number of ether oxygens (including phenoxy) is 6. The third-order valence-electron chi connectivity index (χ3n) is 12.5. The molecule has 3 aliphatic heterocycles. The van der Waals surface area contributed by atoms with Crippen molar-refractivity contribution in [1.29, 1.82) is 0 Å². The summed E-state index contributed by atoms with van der Waals surface area (Å²) in [5.74, 6) is 3.47. The van der Waals surface area contributed by atoms with Gasteiger partial charge in [0.25, 0.3) is 0 Å². The largest absolute Gasteiger partial charge is 0.493 e. The number of aromatic amines is 1. The van der Waals surface area contributed by atoms with Crippen LogP contribution in [0.2, 0.25) is 0 Å². The van der Waals surface area contributed by atoms with Crippen molar-refractivity contribution in [1.82, 2.24) is 30.2 Å². The molecule has 9 rings (SSSR count). The van der Waals surface area contributed by atoms with Crippen LogP contribution < -0.4 is 33.7 Å². The van der Waals surface area contributed by atoms with Gasteiger partial charge in [-0.15, -0.1) is 0 Å². The number of piperidine rings is 1. The van der Waals surface area contributed by atoms with Crippen molar-refractivity contribution < 1.29 is 42.8 Å². The zero-order chi connectivity index (χ0) is 41.5. The molecule has 3 amide bonds. The molecule has 5 aliphatic rings. The topological polar surface area (TPSA) is 179 Å². The average molecular weight is 822 g/mol. The lowest BCUT2D eigenvalue weighted by atomic mass is 9.73. The van der Waals surface area contributed by atoms with E-state index in [0.29, 0.717) is 102 Å². The number of likely N-dealkylation sites (tertiary alicyclic amines) is 1. The molecule has 2 aliphatic carbocycles. The molecule has 2 aromatic carbocycles. The van der Waals surface area contributed by atoms with Crippen LogP contribution in [0.15, 0.2) is 41.8 Å². The Balaban J connectivity index is 0.879. The normalized spacial score (nSPS) is 20.7. The number of rotatable bonds is 12. The number of benzene rings is 2. The van der Waals surface area contributed by atoms with E-state index in [2.05, 4.69) is 20.3 Å². The summed E-state index contributed by atoms with van der Waals surface area (Å²) in [7, 11) is 3.22. The van der Waals surface area contributed by atoms with Gasteiger partial charge in [0.15, 0.2) is 28.7 Å².